The summed E-state index contributed by atoms with van der Waals surface area (Å²) in [6.45, 7) is 0. The molecule has 0 unspecified atom stereocenters. The smallest absolute Gasteiger partial charge is 0.317 e. The molecule has 0 aromatic carbocycles. The van der Waals surface area contributed by atoms with E-state index in [0.29, 0.717) is 12.8 Å². The molecular formula is C11H16O3. The first-order valence-electron chi connectivity index (χ1n) is 5.44. The Hall–Kier alpha value is -0.860. The largest absolute Gasteiger partial charge is 0.480 e. The maximum absolute atomic E-state index is 12.0. The highest BCUT2D eigenvalue weighted by molar-refractivity contribution is 6.04. The zero-order valence-electron chi connectivity index (χ0n) is 8.29. The predicted octanol–water partition coefficient (Wildman–Crippen LogP) is 2.00. The van der Waals surface area contributed by atoms with E-state index in [9.17, 15) is 14.7 Å². The number of carbonyl (C=O) groups excluding carboxylic acids is 1. The van der Waals surface area contributed by atoms with Crippen LogP contribution in [0.1, 0.15) is 44.9 Å². The summed E-state index contributed by atoms with van der Waals surface area (Å²) in [6, 6.07) is 0. The number of aliphatic carboxylic acids is 1. The van der Waals surface area contributed by atoms with E-state index in [0.717, 1.165) is 32.1 Å². The van der Waals surface area contributed by atoms with Crippen molar-refractivity contribution in [2.45, 2.75) is 44.9 Å². The third-order valence-corrected chi connectivity index (χ3v) is 3.81. The molecule has 2 saturated carbocycles. The molecule has 0 heterocycles. The molecule has 14 heavy (non-hydrogen) atoms. The molecule has 0 amide bonds. The Morgan fingerprint density at radius 2 is 1.64 bits per heavy atom. The number of carboxylic acid groups (broad SMARTS) is 1. The molecule has 0 bridgehead atoms. The Balaban J connectivity index is 2.17. The first-order chi connectivity index (χ1) is 6.67. The average molecular weight is 196 g/mol. The lowest BCUT2D eigenvalue weighted by atomic mass is 9.69. The van der Waals surface area contributed by atoms with Crippen molar-refractivity contribution in [2.24, 2.45) is 11.3 Å². The average Bonchev–Trinajstić information content (AvgIpc) is 2.49. The van der Waals surface area contributed by atoms with Gasteiger partial charge in [0.2, 0.25) is 0 Å². The molecule has 78 valence electrons. The van der Waals surface area contributed by atoms with Gasteiger partial charge in [-0.05, 0) is 25.7 Å². The van der Waals surface area contributed by atoms with E-state index in [1.165, 1.54) is 0 Å². The summed E-state index contributed by atoms with van der Waals surface area (Å²) in [5.74, 6) is -0.801. The second kappa shape index (κ2) is 3.37. The van der Waals surface area contributed by atoms with Gasteiger partial charge in [-0.25, -0.2) is 0 Å². The molecule has 0 radical (unpaired) electrons. The second-order valence-corrected chi connectivity index (χ2v) is 4.59. The van der Waals surface area contributed by atoms with Gasteiger partial charge >= 0.3 is 5.97 Å². The number of ketones is 1. The number of carboxylic acids is 1. The van der Waals surface area contributed by atoms with Crippen molar-refractivity contribution >= 4 is 11.8 Å². The van der Waals surface area contributed by atoms with Crippen LogP contribution in [0.2, 0.25) is 0 Å². The van der Waals surface area contributed by atoms with Crippen LogP contribution in [0, 0.1) is 11.3 Å². The molecule has 2 aliphatic rings. The highest BCUT2D eigenvalue weighted by Gasteiger charge is 2.50. The Bertz CT molecular complexity index is 260. The Morgan fingerprint density at radius 1 is 1.07 bits per heavy atom. The topological polar surface area (TPSA) is 54.4 Å². The van der Waals surface area contributed by atoms with Crippen molar-refractivity contribution in [1.82, 2.24) is 0 Å². The van der Waals surface area contributed by atoms with Crippen LogP contribution >= 0.6 is 0 Å². The molecule has 1 N–H and O–H groups in total. The van der Waals surface area contributed by atoms with Gasteiger partial charge in [-0.2, -0.15) is 0 Å². The monoisotopic (exact) mass is 196 g/mol. The molecule has 0 aromatic rings. The summed E-state index contributed by atoms with van der Waals surface area (Å²) in [4.78, 5) is 23.2. The zero-order chi connectivity index (χ0) is 10.2. The minimum absolute atomic E-state index is 0.0220. The van der Waals surface area contributed by atoms with Crippen molar-refractivity contribution in [2.75, 3.05) is 0 Å². The molecule has 0 aliphatic heterocycles. The molecule has 0 aromatic heterocycles. The Kier molecular flexibility index (Phi) is 2.33. The standard InChI is InChI=1S/C11H16O3/c12-9(8-4-3-5-8)11(10(13)14)6-1-2-7-11/h8H,1-7H2,(H,13,14). The van der Waals surface area contributed by atoms with Crippen LogP contribution in [-0.2, 0) is 9.59 Å². The number of hydrogen-bond donors (Lipinski definition) is 1. The van der Waals surface area contributed by atoms with Gasteiger partial charge in [0, 0.05) is 5.92 Å². The highest BCUT2D eigenvalue weighted by Crippen LogP contribution is 2.44. The summed E-state index contributed by atoms with van der Waals surface area (Å²) in [7, 11) is 0. The van der Waals surface area contributed by atoms with Gasteiger partial charge in [-0.15, -0.1) is 0 Å². The fourth-order valence-electron chi connectivity index (χ4n) is 2.61. The van der Waals surface area contributed by atoms with E-state index in [1.807, 2.05) is 0 Å². The summed E-state index contributed by atoms with van der Waals surface area (Å²) < 4.78 is 0. The molecule has 3 heteroatoms. The van der Waals surface area contributed by atoms with Gasteiger partial charge in [0.25, 0.3) is 0 Å². The van der Waals surface area contributed by atoms with Gasteiger partial charge in [-0.3, -0.25) is 9.59 Å². The number of Topliss-reactive ketones (excluding diaryl/α,β-unsaturated/α-hetero) is 1. The maximum Gasteiger partial charge on any atom is 0.317 e. The van der Waals surface area contributed by atoms with Crippen LogP contribution in [0.15, 0.2) is 0 Å². The minimum Gasteiger partial charge on any atom is -0.480 e. The lowest BCUT2D eigenvalue weighted by Crippen LogP contribution is -2.42. The van der Waals surface area contributed by atoms with Crippen molar-refractivity contribution in [3.8, 4) is 0 Å². The van der Waals surface area contributed by atoms with Crippen LogP contribution in [0.5, 0.6) is 0 Å². The van der Waals surface area contributed by atoms with Gasteiger partial charge in [-0.1, -0.05) is 19.3 Å². The molecule has 0 saturated heterocycles. The molecule has 2 rings (SSSR count). The van der Waals surface area contributed by atoms with Crippen LogP contribution in [0.25, 0.3) is 0 Å². The van der Waals surface area contributed by atoms with Gasteiger partial charge in [0.15, 0.2) is 5.78 Å². The first kappa shape index (κ1) is 9.69. The molecule has 2 fully saturated rings. The lowest BCUT2D eigenvalue weighted by Gasteiger charge is -2.32. The minimum atomic E-state index is -0.995. The SMILES string of the molecule is O=C(O)C1(C(=O)C2CCC2)CCCC1. The number of hydrogen-bond acceptors (Lipinski definition) is 2. The van der Waals surface area contributed by atoms with E-state index in [2.05, 4.69) is 0 Å². The summed E-state index contributed by atoms with van der Waals surface area (Å²) in [5, 5.41) is 9.18. The lowest BCUT2D eigenvalue weighted by molar-refractivity contribution is -0.157. The van der Waals surface area contributed by atoms with E-state index < -0.39 is 11.4 Å². The van der Waals surface area contributed by atoms with E-state index >= 15 is 0 Å². The normalized spacial score (nSPS) is 25.7. The summed E-state index contributed by atoms with van der Waals surface area (Å²) >= 11 is 0. The molecule has 0 atom stereocenters. The second-order valence-electron chi connectivity index (χ2n) is 4.59. The van der Waals surface area contributed by atoms with Crippen molar-refractivity contribution in [1.29, 1.82) is 0 Å². The number of rotatable bonds is 3. The molecule has 0 spiro atoms. The van der Waals surface area contributed by atoms with E-state index in [1.54, 1.807) is 0 Å². The third kappa shape index (κ3) is 1.26. The molecule has 2 aliphatic carbocycles. The van der Waals surface area contributed by atoms with Gasteiger partial charge in [0.05, 0.1) is 0 Å². The highest BCUT2D eigenvalue weighted by atomic mass is 16.4. The first-order valence-corrected chi connectivity index (χ1v) is 5.44. The third-order valence-electron chi connectivity index (χ3n) is 3.81. The van der Waals surface area contributed by atoms with Crippen LogP contribution in [0.4, 0.5) is 0 Å². The maximum atomic E-state index is 12.0. The fourth-order valence-corrected chi connectivity index (χ4v) is 2.61. The van der Waals surface area contributed by atoms with Crippen LogP contribution < -0.4 is 0 Å². The quantitative estimate of drug-likeness (QED) is 0.702. The Labute approximate surface area is 83.5 Å². The number of carbonyl (C=O) groups is 2. The van der Waals surface area contributed by atoms with Crippen LogP contribution in [0.3, 0.4) is 0 Å². The summed E-state index contributed by atoms with van der Waals surface area (Å²) in [6.07, 6.45) is 5.83. The van der Waals surface area contributed by atoms with Gasteiger partial charge < -0.3 is 5.11 Å². The predicted molar refractivity (Wildman–Crippen MR) is 50.9 cm³/mol. The molecular weight excluding hydrogens is 180 g/mol. The van der Waals surface area contributed by atoms with E-state index in [-0.39, 0.29) is 11.7 Å². The zero-order valence-corrected chi connectivity index (χ0v) is 8.29. The van der Waals surface area contributed by atoms with E-state index in [4.69, 9.17) is 0 Å². The Morgan fingerprint density at radius 3 is 2.00 bits per heavy atom. The van der Waals surface area contributed by atoms with Crippen molar-refractivity contribution in [3.05, 3.63) is 0 Å². The van der Waals surface area contributed by atoms with Crippen molar-refractivity contribution in [3.63, 3.8) is 0 Å². The van der Waals surface area contributed by atoms with Crippen LogP contribution in [-0.4, -0.2) is 16.9 Å². The fraction of sp³-hybridized carbons (Fsp3) is 0.818. The van der Waals surface area contributed by atoms with Gasteiger partial charge in [0.1, 0.15) is 5.41 Å². The summed E-state index contributed by atoms with van der Waals surface area (Å²) in [5.41, 5.74) is -0.995. The molecule has 3 nitrogen and oxygen atoms in total. The van der Waals surface area contributed by atoms with Crippen molar-refractivity contribution < 1.29 is 14.7 Å².